The highest BCUT2D eigenvalue weighted by Gasteiger charge is 2.47. The number of nitrogens with zero attached hydrogens (tertiary/aromatic N) is 2. The lowest BCUT2D eigenvalue weighted by Gasteiger charge is -2.34. The first kappa shape index (κ1) is 24.6. The zero-order chi connectivity index (χ0) is 25.4. The Morgan fingerprint density at radius 1 is 1.06 bits per heavy atom. The Kier molecular flexibility index (Phi) is 6.52. The molecule has 1 amide bonds. The molecule has 0 spiro atoms. The van der Waals surface area contributed by atoms with Crippen LogP contribution in [0.3, 0.4) is 0 Å². The van der Waals surface area contributed by atoms with Gasteiger partial charge in [-0.05, 0) is 30.2 Å². The van der Waals surface area contributed by atoms with Gasteiger partial charge in [-0.1, -0.05) is 42.0 Å². The molecule has 11 heteroatoms. The number of aryl methyl sites for hydroxylation is 1. The Hall–Kier alpha value is -3.50. The molecular formula is C24H22F6N4O. The number of rotatable bonds is 5. The fourth-order valence-electron chi connectivity index (χ4n) is 4.01. The van der Waals surface area contributed by atoms with E-state index in [0.717, 1.165) is 22.4 Å². The van der Waals surface area contributed by atoms with Crippen LogP contribution in [0.2, 0.25) is 0 Å². The topological polar surface area (TPSA) is 59.0 Å². The number of nitrogens with one attached hydrogen (secondary N) is 2. The van der Waals surface area contributed by atoms with Crippen LogP contribution in [0.5, 0.6) is 0 Å². The van der Waals surface area contributed by atoms with Crippen molar-refractivity contribution in [1.82, 2.24) is 15.1 Å². The summed E-state index contributed by atoms with van der Waals surface area (Å²) in [7, 11) is 0. The quantitative estimate of drug-likeness (QED) is 0.444. The number of halogens is 6. The summed E-state index contributed by atoms with van der Waals surface area (Å²) in [6.07, 6.45) is -8.25. The van der Waals surface area contributed by atoms with Crippen LogP contribution < -0.4 is 10.6 Å². The van der Waals surface area contributed by atoms with Gasteiger partial charge in [0.1, 0.15) is 5.82 Å². The van der Waals surface area contributed by atoms with E-state index in [2.05, 4.69) is 15.7 Å². The van der Waals surface area contributed by atoms with Crippen molar-refractivity contribution in [3.63, 3.8) is 0 Å². The summed E-state index contributed by atoms with van der Waals surface area (Å²) >= 11 is 0. The largest absolute Gasteiger partial charge is 0.416 e. The highest BCUT2D eigenvalue weighted by Crippen LogP contribution is 2.44. The van der Waals surface area contributed by atoms with Crippen molar-refractivity contribution >= 4 is 11.7 Å². The maximum Gasteiger partial charge on any atom is 0.416 e. The molecule has 186 valence electrons. The van der Waals surface area contributed by atoms with Crippen molar-refractivity contribution in [3.8, 4) is 0 Å². The predicted molar refractivity (Wildman–Crippen MR) is 116 cm³/mol. The number of fused-ring (bicyclic) bond motifs is 1. The smallest absolute Gasteiger partial charge is 0.363 e. The monoisotopic (exact) mass is 496 g/mol. The fraction of sp³-hybridized carbons (Fsp3) is 0.333. The number of carbonyl (C=O) groups excluding carboxylic acids is 1. The molecule has 1 aliphatic rings. The molecule has 5 nitrogen and oxygen atoms in total. The molecule has 0 aliphatic carbocycles. The molecule has 0 saturated carbocycles. The van der Waals surface area contributed by atoms with Gasteiger partial charge >= 0.3 is 12.4 Å². The van der Waals surface area contributed by atoms with E-state index in [-0.39, 0.29) is 25.2 Å². The third-order valence-electron chi connectivity index (χ3n) is 5.92. The number of hydrogen-bond donors (Lipinski definition) is 2. The van der Waals surface area contributed by atoms with Gasteiger partial charge < -0.3 is 10.6 Å². The van der Waals surface area contributed by atoms with Crippen molar-refractivity contribution in [2.45, 2.75) is 50.7 Å². The Morgan fingerprint density at radius 3 is 2.31 bits per heavy atom. The molecule has 0 unspecified atom stereocenters. The van der Waals surface area contributed by atoms with Gasteiger partial charge in [0.2, 0.25) is 5.91 Å². The second kappa shape index (κ2) is 9.27. The summed E-state index contributed by atoms with van der Waals surface area (Å²) in [6.45, 7) is 1.86. The Labute approximate surface area is 197 Å². The number of aromatic nitrogens is 2. The number of carbonyl (C=O) groups is 1. The van der Waals surface area contributed by atoms with E-state index in [4.69, 9.17) is 0 Å². The molecule has 2 atom stereocenters. The number of amides is 1. The van der Waals surface area contributed by atoms with Gasteiger partial charge in [0.15, 0.2) is 6.04 Å². The molecule has 0 saturated heterocycles. The predicted octanol–water partition coefficient (Wildman–Crippen LogP) is 5.73. The molecule has 2 heterocycles. The van der Waals surface area contributed by atoms with Crippen molar-refractivity contribution in [1.29, 1.82) is 0 Å². The van der Waals surface area contributed by atoms with E-state index < -0.39 is 35.9 Å². The van der Waals surface area contributed by atoms with Crippen LogP contribution in [0, 0.1) is 6.92 Å². The molecule has 4 rings (SSSR count). The molecule has 3 aromatic rings. The van der Waals surface area contributed by atoms with Crippen LogP contribution in [0.4, 0.5) is 32.2 Å². The lowest BCUT2D eigenvalue weighted by molar-refractivity contribution is -0.173. The van der Waals surface area contributed by atoms with Gasteiger partial charge in [-0.2, -0.15) is 31.4 Å². The maximum absolute atomic E-state index is 13.8. The van der Waals surface area contributed by atoms with Gasteiger partial charge in [-0.15, -0.1) is 0 Å². The van der Waals surface area contributed by atoms with Crippen molar-refractivity contribution in [3.05, 3.63) is 82.5 Å². The zero-order valence-electron chi connectivity index (χ0n) is 18.5. The van der Waals surface area contributed by atoms with Crippen molar-refractivity contribution in [2.75, 3.05) is 5.32 Å². The van der Waals surface area contributed by atoms with Crippen LogP contribution in [0.1, 0.15) is 46.3 Å². The highest BCUT2D eigenvalue weighted by atomic mass is 19.4. The van der Waals surface area contributed by atoms with Crippen LogP contribution in [-0.4, -0.2) is 21.9 Å². The van der Waals surface area contributed by atoms with E-state index in [1.165, 1.54) is 18.3 Å². The molecule has 2 N–H and O–H groups in total. The van der Waals surface area contributed by atoms with E-state index in [9.17, 15) is 31.1 Å². The number of alkyl halides is 6. The SMILES string of the molecule is Cc1ccc([C@H]2C[C@@H](C(F)(F)F)n3ncc(CC(=O)NCc4ccc(C(F)(F)F)cc4)c3N2)cc1. The van der Waals surface area contributed by atoms with Crippen molar-refractivity contribution < 1.29 is 31.1 Å². The van der Waals surface area contributed by atoms with Crippen LogP contribution in [0.25, 0.3) is 0 Å². The fourth-order valence-corrected chi connectivity index (χ4v) is 4.01. The molecule has 0 fully saturated rings. The lowest BCUT2D eigenvalue weighted by Crippen LogP contribution is -2.36. The third-order valence-corrected chi connectivity index (χ3v) is 5.92. The van der Waals surface area contributed by atoms with E-state index >= 15 is 0 Å². The first-order valence-electron chi connectivity index (χ1n) is 10.8. The van der Waals surface area contributed by atoms with E-state index in [0.29, 0.717) is 16.7 Å². The second-order valence-electron chi connectivity index (χ2n) is 8.51. The Bertz CT molecular complexity index is 1180. The van der Waals surface area contributed by atoms with Crippen LogP contribution in [-0.2, 0) is 23.9 Å². The second-order valence-corrected chi connectivity index (χ2v) is 8.51. The van der Waals surface area contributed by atoms with Gasteiger partial charge in [-0.3, -0.25) is 4.79 Å². The molecule has 0 radical (unpaired) electrons. The zero-order valence-corrected chi connectivity index (χ0v) is 18.5. The minimum Gasteiger partial charge on any atom is -0.363 e. The van der Waals surface area contributed by atoms with Gasteiger partial charge in [0.25, 0.3) is 0 Å². The molecule has 2 aromatic carbocycles. The summed E-state index contributed by atoms with van der Waals surface area (Å²) in [6, 6.07) is 9.05. The summed E-state index contributed by atoms with van der Waals surface area (Å²) in [4.78, 5) is 12.5. The minimum atomic E-state index is -4.53. The summed E-state index contributed by atoms with van der Waals surface area (Å²) in [5.41, 5.74) is 1.62. The molecule has 1 aromatic heterocycles. The average molecular weight is 496 g/mol. The maximum atomic E-state index is 13.8. The number of benzene rings is 2. The number of anilines is 1. The lowest BCUT2D eigenvalue weighted by atomic mass is 9.96. The Balaban J connectivity index is 1.48. The first-order chi connectivity index (χ1) is 16.4. The third kappa shape index (κ3) is 5.60. The van der Waals surface area contributed by atoms with Crippen LogP contribution >= 0.6 is 0 Å². The minimum absolute atomic E-state index is 0.0228. The molecule has 0 bridgehead atoms. The standard InChI is InChI=1S/C24H22F6N4O/c1-14-2-6-16(7-3-14)19-11-20(24(28,29)30)34-22(33-19)17(13-32-34)10-21(35)31-12-15-4-8-18(9-5-15)23(25,26)27/h2-9,13,19-20,33H,10-12H2,1H3,(H,31,35)/t19-,20+/m1/s1. The highest BCUT2D eigenvalue weighted by molar-refractivity contribution is 5.80. The number of hydrogen-bond acceptors (Lipinski definition) is 3. The Morgan fingerprint density at radius 2 is 1.71 bits per heavy atom. The summed E-state index contributed by atoms with van der Waals surface area (Å²) < 4.78 is 80.4. The summed E-state index contributed by atoms with van der Waals surface area (Å²) in [5.74, 6) is -0.377. The van der Waals surface area contributed by atoms with Gasteiger partial charge in [-0.25, -0.2) is 4.68 Å². The molecule has 1 aliphatic heterocycles. The first-order valence-corrected chi connectivity index (χ1v) is 10.8. The van der Waals surface area contributed by atoms with E-state index in [1.54, 1.807) is 12.1 Å². The molecule has 35 heavy (non-hydrogen) atoms. The summed E-state index contributed by atoms with van der Waals surface area (Å²) in [5, 5.41) is 9.58. The van der Waals surface area contributed by atoms with E-state index in [1.807, 2.05) is 19.1 Å². The van der Waals surface area contributed by atoms with Crippen molar-refractivity contribution in [2.24, 2.45) is 0 Å². The normalized spacial score (nSPS) is 18.0. The van der Waals surface area contributed by atoms with Gasteiger partial charge in [0, 0.05) is 18.5 Å². The average Bonchev–Trinajstić information content (AvgIpc) is 3.19. The molecular weight excluding hydrogens is 474 g/mol. The van der Waals surface area contributed by atoms with Gasteiger partial charge in [0.05, 0.1) is 24.2 Å². The van der Waals surface area contributed by atoms with Crippen LogP contribution in [0.15, 0.2) is 54.7 Å².